The largest absolute Gasteiger partial charge is 0.506 e. The summed E-state index contributed by atoms with van der Waals surface area (Å²) in [7, 11) is 3.95. The van der Waals surface area contributed by atoms with Gasteiger partial charge in [0.25, 0.3) is 0 Å². The van der Waals surface area contributed by atoms with Gasteiger partial charge in [-0.15, -0.1) is 0 Å². The van der Waals surface area contributed by atoms with Gasteiger partial charge >= 0.3 is 29.8 Å². The molecule has 0 fully saturated rings. The van der Waals surface area contributed by atoms with Crippen LogP contribution in [0.25, 0.3) is 90.2 Å². The number of esters is 3. The lowest BCUT2D eigenvalue weighted by Gasteiger charge is -2.24. The molecule has 22 rings (SSSR count). The summed E-state index contributed by atoms with van der Waals surface area (Å²) in [6.45, 7) is 4.82. The van der Waals surface area contributed by atoms with E-state index in [0.29, 0.717) is 206 Å². The van der Waals surface area contributed by atoms with Gasteiger partial charge in [-0.2, -0.15) is 0 Å². The molecule has 0 amide bonds. The number of hydrogen-bond acceptors (Lipinski definition) is 27. The molecule has 0 aliphatic carbocycles. The number of aromatic nitrogens is 4. The van der Waals surface area contributed by atoms with Crippen LogP contribution >= 0.6 is 31.9 Å². The third-order valence-corrected chi connectivity index (χ3v) is 23.6. The van der Waals surface area contributed by atoms with E-state index in [0.717, 1.165) is 51.0 Å². The number of aldehydes is 1. The molecule has 6 N–H and O–H groups in total. The number of methoxy groups -OCH3 is 3. The number of nitrogens with two attached hydrogens (primary N) is 1. The number of nitrogens with one attached hydrogen (secondary N) is 1. The quantitative estimate of drug-likeness (QED) is 0.0179. The van der Waals surface area contributed by atoms with Crippen molar-refractivity contribution in [2.45, 2.75) is 25.7 Å². The zero-order chi connectivity index (χ0) is 101. The van der Waals surface area contributed by atoms with Crippen LogP contribution in [-0.2, 0) is 14.2 Å². The lowest BCUT2D eigenvalue weighted by Crippen LogP contribution is -2.18. The second-order valence-corrected chi connectivity index (χ2v) is 33.8. The van der Waals surface area contributed by atoms with Crippen LogP contribution in [0.1, 0.15) is 87.8 Å². The first kappa shape index (κ1) is 99.7. The van der Waals surface area contributed by atoms with Crippen LogP contribution in [0.15, 0.2) is 312 Å². The first-order valence-corrected chi connectivity index (χ1v) is 46.4. The Labute approximate surface area is 835 Å². The molecule has 18 aromatic rings. The van der Waals surface area contributed by atoms with Gasteiger partial charge in [0.1, 0.15) is 74.1 Å². The van der Waals surface area contributed by atoms with Gasteiger partial charge in [0.2, 0.25) is 23.6 Å². The number of carbonyl (C=O) groups excluding carboxylic acids is 4. The van der Waals surface area contributed by atoms with Gasteiger partial charge in [0.15, 0.2) is 28.6 Å². The van der Waals surface area contributed by atoms with E-state index in [-0.39, 0.29) is 57.5 Å². The fourth-order valence-corrected chi connectivity index (χ4v) is 16.4. The highest BCUT2D eigenvalue weighted by Crippen LogP contribution is 2.45. The van der Waals surface area contributed by atoms with Crippen LogP contribution in [0.4, 0.5) is 63.1 Å². The van der Waals surface area contributed by atoms with Crippen molar-refractivity contribution in [2.24, 2.45) is 0 Å². The number of benzene rings is 14. The van der Waals surface area contributed by atoms with Crippen molar-refractivity contribution >= 4 is 158 Å². The SMILES string of the molecule is COC(=O)c1cc(Br)ccc1-c1nc2ccccc2o1.COC(=O)c1cc(Br)ccc1C=O.COC(=O)c1cc(N2CCCOc3ccc(F)cc32)ccc1-c1nc2ccccc2o1.Fc1ccc2c(c1)NCCCO2.Nc1ccccc1O.O=C(O)c1cc(N2CCCOc3ccc(F)cc32)ccc1-c1nc2ccccc2o1.O=C(O)c1cc(N2CCCOc3ccc(F)cc32)ccc1-c1nc2ccccc2o1. The molecule has 29 nitrogen and oxygen atoms in total. The maximum Gasteiger partial charge on any atom is 0.338 e. The molecule has 0 saturated carbocycles. The first-order chi connectivity index (χ1) is 69.9. The third-order valence-electron chi connectivity index (χ3n) is 22.6. The summed E-state index contributed by atoms with van der Waals surface area (Å²) in [4.78, 5) is 93.7. The molecule has 8 heterocycles. The van der Waals surface area contributed by atoms with Crippen molar-refractivity contribution in [3.05, 3.63) is 351 Å². The standard InChI is InChI=1S/C24H19FN2O4.2C23H17FN2O4.C15H10BrNO3.C9H7BrO3.C9H10FNO.C6H7NO/c1-29-24(28)18-14-16(27-11-4-12-30-22-10-7-15(25)13-20(22)27)8-9-17(18)23-26-19-5-2-3-6-21(19)31-23;2*24-14-6-9-21-19(12-14)26(10-3-11-29-21)15-7-8-16(17(13-15)23(27)28)22-25-18-4-1-2-5-20(18)30-22;1-19-15(18)11-8-9(16)6-7-10(11)14-17-12-4-2-3-5-13(12)20-14;1-13-9(12)8-4-7(10)3-2-6(8)5-11;10-7-2-3-9-8(6-7)11-4-1-5-12-9;7-5-3-1-2-4-6(5)8/h2-3,5-10,13-14H,4,11-12H2,1H3;2*1-2,4-9,12-13H,3,10-11H2,(H,27,28);2-8H,1H3;2-5H,1H3;2-3,6,11H,1,4-5H2;1-4,8H,7H2. The summed E-state index contributed by atoms with van der Waals surface area (Å²) in [6, 6.07) is 79.2. The Morgan fingerprint density at radius 2 is 0.694 bits per heavy atom. The van der Waals surface area contributed by atoms with Crippen molar-refractivity contribution < 1.29 is 112 Å². The normalized spacial score (nSPS) is 12.7. The zero-order valence-corrected chi connectivity index (χ0v) is 80.1. The number of carboxylic acid groups (broad SMARTS) is 2. The van der Waals surface area contributed by atoms with Crippen LogP contribution in [0, 0.1) is 23.3 Å². The van der Waals surface area contributed by atoms with E-state index >= 15 is 0 Å². The van der Waals surface area contributed by atoms with Gasteiger partial charge in [0.05, 0.1) is 126 Å². The lowest BCUT2D eigenvalue weighted by atomic mass is 10.1. The smallest absolute Gasteiger partial charge is 0.338 e. The number of fused-ring (bicyclic) bond motifs is 8. The number of anilines is 8. The fourth-order valence-electron chi connectivity index (χ4n) is 15.7. The number of nitrogens with zero attached hydrogens (tertiary/aromatic N) is 7. The topological polar surface area (TPSA) is 380 Å². The predicted octanol–water partition coefficient (Wildman–Crippen LogP) is 24.9. The van der Waals surface area contributed by atoms with E-state index in [4.69, 9.17) is 56.9 Å². The number of para-hydroxylation sites is 10. The third kappa shape index (κ3) is 23.7. The van der Waals surface area contributed by atoms with Crippen LogP contribution in [0.2, 0.25) is 0 Å². The van der Waals surface area contributed by atoms with Gasteiger partial charge in [-0.05, 0) is 226 Å². The molecule has 4 aliphatic heterocycles. The average molecular weight is 2080 g/mol. The molecule has 4 aromatic heterocycles. The predicted molar refractivity (Wildman–Crippen MR) is 541 cm³/mol. The molecule has 0 unspecified atom stereocenters. The monoisotopic (exact) mass is 2080 g/mol. The van der Waals surface area contributed by atoms with Crippen LogP contribution in [-0.4, -0.2) is 145 Å². The van der Waals surface area contributed by atoms with Crippen molar-refractivity contribution in [2.75, 3.05) is 99.7 Å². The van der Waals surface area contributed by atoms with Gasteiger partial charge < -0.3 is 91.9 Å². The number of ether oxygens (including phenoxy) is 7. The minimum atomic E-state index is -1.10. The highest BCUT2D eigenvalue weighted by Gasteiger charge is 2.30. The average Bonchev–Trinajstić information content (AvgIpc) is 1.60. The molecule has 35 heteroatoms. The fraction of sp³-hybridized carbons (Fsp3) is 0.138. The maximum atomic E-state index is 14.0. The number of oxazole rings is 4. The summed E-state index contributed by atoms with van der Waals surface area (Å²) in [5, 5.41) is 31.6. The van der Waals surface area contributed by atoms with E-state index in [1.165, 1.54) is 69.9 Å². The minimum absolute atomic E-state index is 0.0576. The number of aromatic carboxylic acids is 2. The molecular weight excluding hydrogens is 1990 g/mol. The summed E-state index contributed by atoms with van der Waals surface area (Å²) >= 11 is 6.54. The number of carboxylic acids is 2. The molecule has 144 heavy (non-hydrogen) atoms. The first-order valence-electron chi connectivity index (χ1n) is 44.8. The number of phenols is 1. The van der Waals surface area contributed by atoms with Gasteiger partial charge in [-0.25, -0.2) is 61.5 Å². The number of carbonyl (C=O) groups is 6. The van der Waals surface area contributed by atoms with E-state index in [2.05, 4.69) is 61.8 Å². The highest BCUT2D eigenvalue weighted by molar-refractivity contribution is 9.10. The molecule has 730 valence electrons. The van der Waals surface area contributed by atoms with E-state index in [9.17, 15) is 56.5 Å². The Balaban J connectivity index is 0.000000125. The van der Waals surface area contributed by atoms with Gasteiger partial charge in [0, 0.05) is 82.0 Å². The van der Waals surface area contributed by atoms with Crippen molar-refractivity contribution in [1.29, 1.82) is 0 Å². The molecule has 0 saturated heterocycles. The van der Waals surface area contributed by atoms with Gasteiger partial charge in [-0.1, -0.05) is 92.5 Å². The number of phenolic OH excluding ortho intramolecular Hbond substituents is 1. The number of nitrogen functional groups attached to an aromatic ring is 1. The highest BCUT2D eigenvalue weighted by atomic mass is 79.9. The Morgan fingerprint density at radius 3 is 1.06 bits per heavy atom. The number of hydrogen-bond donors (Lipinski definition) is 5. The molecule has 14 aromatic carbocycles. The van der Waals surface area contributed by atoms with Crippen molar-refractivity contribution in [1.82, 2.24) is 19.9 Å². The summed E-state index contributed by atoms with van der Waals surface area (Å²) in [5.74, 6) is -1.16. The summed E-state index contributed by atoms with van der Waals surface area (Å²) < 4.78 is 116. The minimum Gasteiger partial charge on any atom is -0.506 e. The maximum absolute atomic E-state index is 14.0. The molecule has 0 radical (unpaired) electrons. The van der Waals surface area contributed by atoms with Crippen LogP contribution < -0.4 is 44.7 Å². The van der Waals surface area contributed by atoms with Crippen LogP contribution in [0.5, 0.6) is 28.7 Å². The van der Waals surface area contributed by atoms with Crippen LogP contribution in [0.3, 0.4) is 0 Å². The number of rotatable bonds is 13. The lowest BCUT2D eigenvalue weighted by molar-refractivity contribution is 0.0591. The molecule has 4 aliphatic rings. The Morgan fingerprint density at radius 1 is 0.375 bits per heavy atom. The molecule has 0 spiro atoms. The van der Waals surface area contributed by atoms with Crippen molar-refractivity contribution in [3.8, 4) is 74.6 Å². The second-order valence-electron chi connectivity index (χ2n) is 32.0. The Hall–Kier alpha value is -17.3. The molecule has 0 atom stereocenters. The van der Waals surface area contributed by atoms with E-state index in [1.54, 1.807) is 152 Å². The number of aromatic hydroxyl groups is 1. The van der Waals surface area contributed by atoms with Crippen molar-refractivity contribution in [3.63, 3.8) is 0 Å². The summed E-state index contributed by atoms with van der Waals surface area (Å²) in [5.41, 5.74) is 18.8. The summed E-state index contributed by atoms with van der Waals surface area (Å²) in [6.07, 6.45) is 3.75. The Kier molecular flexibility index (Phi) is 32.0. The Bertz CT molecular complexity index is 7440. The van der Waals surface area contributed by atoms with Gasteiger partial charge in [-0.3, -0.25) is 4.79 Å². The molecular formula is C109H87Br2F4N9O20. The molecule has 0 bridgehead atoms. The zero-order valence-electron chi connectivity index (χ0n) is 77.0. The number of halogens is 6. The second kappa shape index (κ2) is 46.2. The van der Waals surface area contributed by atoms with E-state index < -0.39 is 29.8 Å². The van der Waals surface area contributed by atoms with E-state index in [1.807, 2.05) is 99.6 Å².